The molecule has 0 N–H and O–H groups in total. The Morgan fingerprint density at radius 1 is 1.38 bits per heavy atom. The Hall–Kier alpha value is -1.08. The zero-order valence-electron chi connectivity index (χ0n) is 11.8. The van der Waals surface area contributed by atoms with Gasteiger partial charge in [0.05, 0.1) is 13.2 Å². The topological polar surface area (TPSA) is 52.8 Å². The van der Waals surface area contributed by atoms with Gasteiger partial charge < -0.3 is 4.74 Å². The number of halogens is 1. The number of rotatable bonds is 5. The van der Waals surface area contributed by atoms with Crippen LogP contribution in [0.25, 0.3) is 0 Å². The van der Waals surface area contributed by atoms with Crippen molar-refractivity contribution in [2.75, 3.05) is 7.11 Å². The van der Waals surface area contributed by atoms with Crippen LogP contribution in [0.1, 0.15) is 37.3 Å². The van der Waals surface area contributed by atoms with Crippen molar-refractivity contribution < 1.29 is 4.74 Å². The molecule has 0 aliphatic heterocycles. The summed E-state index contributed by atoms with van der Waals surface area (Å²) in [5, 5.41) is 13.1. The molecule has 2 aromatic rings. The molecule has 0 unspecified atom stereocenters. The van der Waals surface area contributed by atoms with Crippen LogP contribution < -0.4 is 4.74 Å². The van der Waals surface area contributed by atoms with Crippen LogP contribution in [0.4, 0.5) is 0 Å². The third kappa shape index (κ3) is 3.40. The molecule has 1 aliphatic carbocycles. The van der Waals surface area contributed by atoms with Crippen LogP contribution >= 0.6 is 27.7 Å². The van der Waals surface area contributed by atoms with Gasteiger partial charge in [0.25, 0.3) is 0 Å². The third-order valence-electron chi connectivity index (χ3n) is 3.74. The van der Waals surface area contributed by atoms with Crippen molar-refractivity contribution in [3.05, 3.63) is 28.2 Å². The highest BCUT2D eigenvalue weighted by atomic mass is 79.9. The molecule has 1 saturated carbocycles. The quantitative estimate of drug-likeness (QED) is 0.750. The minimum atomic E-state index is 0.469. The van der Waals surface area contributed by atoms with Gasteiger partial charge >= 0.3 is 0 Å². The molecule has 7 heteroatoms. The molecule has 1 heterocycles. The molecule has 5 nitrogen and oxygen atoms in total. The van der Waals surface area contributed by atoms with Crippen molar-refractivity contribution in [3.8, 4) is 5.75 Å². The Morgan fingerprint density at radius 3 is 2.95 bits per heavy atom. The van der Waals surface area contributed by atoms with Gasteiger partial charge in [-0.25, -0.2) is 4.68 Å². The Bertz CT molecular complexity index is 613. The molecular formula is C14H17BrN4OS. The van der Waals surface area contributed by atoms with Gasteiger partial charge in [0.15, 0.2) is 0 Å². The number of hydrogen-bond donors (Lipinski definition) is 0. The van der Waals surface area contributed by atoms with Crippen molar-refractivity contribution >= 4 is 27.7 Å². The standard InChI is InChI=1S/C14H17BrN4OS/c1-20-12-6-7-13(15)10(8-12)9-21-14-16-17-18-19(14)11-4-2-3-5-11/h6-8,11H,2-5,9H2,1H3. The zero-order chi connectivity index (χ0) is 14.7. The van der Waals surface area contributed by atoms with Crippen molar-refractivity contribution in [3.63, 3.8) is 0 Å². The molecule has 112 valence electrons. The minimum Gasteiger partial charge on any atom is -0.497 e. The van der Waals surface area contributed by atoms with Gasteiger partial charge in [-0.1, -0.05) is 40.5 Å². The number of benzene rings is 1. The normalized spacial score (nSPS) is 15.5. The van der Waals surface area contributed by atoms with Gasteiger partial charge in [-0.15, -0.1) is 5.10 Å². The summed E-state index contributed by atoms with van der Waals surface area (Å²) in [5.74, 6) is 1.68. The van der Waals surface area contributed by atoms with Gasteiger partial charge in [0, 0.05) is 10.2 Å². The smallest absolute Gasteiger partial charge is 0.209 e. The molecule has 1 aromatic heterocycles. The van der Waals surface area contributed by atoms with E-state index in [1.165, 1.54) is 31.2 Å². The summed E-state index contributed by atoms with van der Waals surface area (Å²) in [7, 11) is 1.68. The number of hydrogen-bond acceptors (Lipinski definition) is 5. The predicted octanol–water partition coefficient (Wildman–Crippen LogP) is 3.85. The maximum Gasteiger partial charge on any atom is 0.209 e. The average Bonchev–Trinajstić information content (AvgIpc) is 3.17. The van der Waals surface area contributed by atoms with E-state index in [0.29, 0.717) is 6.04 Å². The zero-order valence-corrected chi connectivity index (χ0v) is 14.2. The van der Waals surface area contributed by atoms with E-state index in [1.54, 1.807) is 18.9 Å². The second kappa shape index (κ2) is 6.79. The van der Waals surface area contributed by atoms with Gasteiger partial charge in [0.1, 0.15) is 5.75 Å². The van der Waals surface area contributed by atoms with Gasteiger partial charge in [-0.2, -0.15) is 0 Å². The fraction of sp³-hybridized carbons (Fsp3) is 0.500. The first-order chi connectivity index (χ1) is 10.3. The fourth-order valence-corrected chi connectivity index (χ4v) is 4.10. The number of aromatic nitrogens is 4. The third-order valence-corrected chi connectivity index (χ3v) is 5.50. The van der Waals surface area contributed by atoms with Crippen LogP contribution in [0.5, 0.6) is 5.75 Å². The maximum absolute atomic E-state index is 5.28. The first-order valence-electron chi connectivity index (χ1n) is 7.01. The van der Waals surface area contributed by atoms with Gasteiger partial charge in [-0.05, 0) is 47.0 Å². The van der Waals surface area contributed by atoms with Crippen molar-refractivity contribution in [1.29, 1.82) is 0 Å². The van der Waals surface area contributed by atoms with E-state index in [-0.39, 0.29) is 0 Å². The fourth-order valence-electron chi connectivity index (χ4n) is 2.59. The summed E-state index contributed by atoms with van der Waals surface area (Å²) >= 11 is 5.25. The molecular weight excluding hydrogens is 352 g/mol. The molecule has 1 fully saturated rings. The first kappa shape index (κ1) is 14.8. The Labute approximate surface area is 136 Å². The van der Waals surface area contributed by atoms with Gasteiger partial charge in [-0.3, -0.25) is 0 Å². The molecule has 1 aliphatic rings. The summed E-state index contributed by atoms with van der Waals surface area (Å²) in [6.07, 6.45) is 4.91. The highest BCUT2D eigenvalue weighted by Gasteiger charge is 2.21. The Kier molecular flexibility index (Phi) is 4.80. The van der Waals surface area contributed by atoms with E-state index in [4.69, 9.17) is 4.74 Å². The molecule has 21 heavy (non-hydrogen) atoms. The van der Waals surface area contributed by atoms with E-state index in [0.717, 1.165) is 21.1 Å². The number of methoxy groups -OCH3 is 1. The van der Waals surface area contributed by atoms with Crippen LogP contribution in [0, 0.1) is 0 Å². The summed E-state index contributed by atoms with van der Waals surface area (Å²) in [5.41, 5.74) is 1.18. The highest BCUT2D eigenvalue weighted by molar-refractivity contribution is 9.10. The molecule has 0 spiro atoms. The van der Waals surface area contributed by atoms with E-state index in [2.05, 4.69) is 31.5 Å². The number of thioether (sulfide) groups is 1. The lowest BCUT2D eigenvalue weighted by Gasteiger charge is -2.11. The van der Waals surface area contributed by atoms with E-state index in [1.807, 2.05) is 22.9 Å². The molecule has 0 amide bonds. The Morgan fingerprint density at radius 2 is 2.19 bits per heavy atom. The summed E-state index contributed by atoms with van der Waals surface area (Å²) in [6, 6.07) is 6.47. The number of tetrazole rings is 1. The van der Waals surface area contributed by atoms with Crippen LogP contribution in [0.2, 0.25) is 0 Å². The predicted molar refractivity (Wildman–Crippen MR) is 85.6 cm³/mol. The van der Waals surface area contributed by atoms with Crippen LogP contribution in [-0.2, 0) is 5.75 Å². The maximum atomic E-state index is 5.28. The van der Waals surface area contributed by atoms with Gasteiger partial charge in [0.2, 0.25) is 5.16 Å². The minimum absolute atomic E-state index is 0.469. The molecule has 0 radical (unpaired) electrons. The molecule has 1 aromatic carbocycles. The molecule has 0 atom stereocenters. The van der Waals surface area contributed by atoms with Crippen molar-refractivity contribution in [2.45, 2.75) is 42.6 Å². The first-order valence-corrected chi connectivity index (χ1v) is 8.79. The lowest BCUT2D eigenvalue weighted by atomic mass is 10.2. The molecule has 0 saturated heterocycles. The summed E-state index contributed by atoms with van der Waals surface area (Å²) < 4.78 is 8.35. The lowest BCUT2D eigenvalue weighted by molar-refractivity contribution is 0.414. The largest absolute Gasteiger partial charge is 0.497 e. The van der Waals surface area contributed by atoms with Crippen LogP contribution in [0.3, 0.4) is 0 Å². The number of nitrogens with zero attached hydrogens (tertiary/aromatic N) is 4. The summed E-state index contributed by atoms with van der Waals surface area (Å²) in [4.78, 5) is 0. The Balaban J connectivity index is 1.72. The van der Waals surface area contributed by atoms with E-state index >= 15 is 0 Å². The second-order valence-corrected chi connectivity index (χ2v) is 6.89. The lowest BCUT2D eigenvalue weighted by Crippen LogP contribution is -2.08. The number of ether oxygens (including phenoxy) is 1. The monoisotopic (exact) mass is 368 g/mol. The average molecular weight is 369 g/mol. The van der Waals surface area contributed by atoms with Crippen molar-refractivity contribution in [1.82, 2.24) is 20.2 Å². The van der Waals surface area contributed by atoms with Crippen LogP contribution in [0.15, 0.2) is 27.8 Å². The van der Waals surface area contributed by atoms with Crippen LogP contribution in [-0.4, -0.2) is 27.3 Å². The second-order valence-electron chi connectivity index (χ2n) is 5.09. The van der Waals surface area contributed by atoms with Crippen molar-refractivity contribution in [2.24, 2.45) is 0 Å². The van der Waals surface area contributed by atoms with E-state index < -0.39 is 0 Å². The van der Waals surface area contributed by atoms with E-state index in [9.17, 15) is 0 Å². The molecule has 3 rings (SSSR count). The SMILES string of the molecule is COc1ccc(Br)c(CSc2nnnn2C2CCCC2)c1. The highest BCUT2D eigenvalue weighted by Crippen LogP contribution is 2.33. The summed E-state index contributed by atoms with van der Waals surface area (Å²) in [6.45, 7) is 0. The molecule has 0 bridgehead atoms.